The highest BCUT2D eigenvalue weighted by atomic mass is 16.3. The number of aliphatic hydroxyl groups excluding tert-OH is 1. The zero-order valence-corrected chi connectivity index (χ0v) is 10.9. The van der Waals surface area contributed by atoms with Crippen LogP contribution in [0, 0.1) is 0 Å². The second-order valence-corrected chi connectivity index (χ2v) is 4.38. The molecule has 0 saturated carbocycles. The summed E-state index contributed by atoms with van der Waals surface area (Å²) in [5.41, 5.74) is 6.58. The fraction of sp³-hybridized carbons (Fsp3) is 0.385. The van der Waals surface area contributed by atoms with E-state index in [-0.39, 0.29) is 12.2 Å². The molecule has 1 heterocycles. The third-order valence-corrected chi connectivity index (χ3v) is 2.88. The third-order valence-electron chi connectivity index (χ3n) is 2.88. The number of hydrogen-bond acceptors (Lipinski definition) is 5. The van der Waals surface area contributed by atoms with E-state index in [2.05, 4.69) is 9.97 Å². The van der Waals surface area contributed by atoms with Gasteiger partial charge in [0, 0.05) is 18.8 Å². The first-order valence-electron chi connectivity index (χ1n) is 6.31. The van der Waals surface area contributed by atoms with Gasteiger partial charge in [-0.25, -0.2) is 4.98 Å². The van der Waals surface area contributed by atoms with Crippen LogP contribution in [0.5, 0.6) is 0 Å². The Morgan fingerprint density at radius 1 is 1.42 bits per heavy atom. The second-order valence-electron chi connectivity index (χ2n) is 4.38. The van der Waals surface area contributed by atoms with Crippen molar-refractivity contribution >= 4 is 22.5 Å². The van der Waals surface area contributed by atoms with Gasteiger partial charge in [0.1, 0.15) is 0 Å². The van der Waals surface area contributed by atoms with Crippen LogP contribution in [0.1, 0.15) is 13.3 Å². The summed E-state index contributed by atoms with van der Waals surface area (Å²) in [6.07, 6.45) is 0.906. The Bertz CT molecular complexity index is 618. The lowest BCUT2D eigenvalue weighted by molar-refractivity contribution is 0.301. The van der Waals surface area contributed by atoms with Crippen LogP contribution in [0.3, 0.4) is 0 Å². The number of benzene rings is 1. The Labute approximate surface area is 110 Å². The predicted molar refractivity (Wildman–Crippen MR) is 76.4 cm³/mol. The largest absolute Gasteiger partial charge is 0.399 e. The molecule has 1 aromatic carbocycles. The Kier molecular flexibility index (Phi) is 4.01. The van der Waals surface area contributed by atoms with Crippen molar-refractivity contribution in [1.29, 1.82) is 0 Å². The van der Waals surface area contributed by atoms with Crippen LogP contribution in [0.25, 0.3) is 10.9 Å². The number of anilines is 2. The van der Waals surface area contributed by atoms with E-state index in [1.807, 2.05) is 11.8 Å². The first-order valence-corrected chi connectivity index (χ1v) is 6.31. The topological polar surface area (TPSA) is 95.2 Å². The Hall–Kier alpha value is -2.08. The zero-order valence-electron chi connectivity index (χ0n) is 10.9. The lowest BCUT2D eigenvalue weighted by Gasteiger charge is -2.21. The van der Waals surface area contributed by atoms with Gasteiger partial charge < -0.3 is 15.7 Å². The van der Waals surface area contributed by atoms with Crippen LogP contribution in [0.15, 0.2) is 23.0 Å². The van der Waals surface area contributed by atoms with Gasteiger partial charge in [-0.05, 0) is 24.6 Å². The Balaban J connectivity index is 2.50. The maximum atomic E-state index is 12.0. The molecule has 0 unspecified atom stereocenters. The molecule has 19 heavy (non-hydrogen) atoms. The number of H-pyrrole nitrogens is 1. The van der Waals surface area contributed by atoms with Gasteiger partial charge in [-0.2, -0.15) is 0 Å². The molecule has 4 N–H and O–H groups in total. The van der Waals surface area contributed by atoms with E-state index < -0.39 is 0 Å². The van der Waals surface area contributed by atoms with Gasteiger partial charge in [-0.15, -0.1) is 0 Å². The van der Waals surface area contributed by atoms with E-state index in [9.17, 15) is 4.79 Å². The van der Waals surface area contributed by atoms with Crippen LogP contribution < -0.4 is 16.2 Å². The minimum absolute atomic E-state index is 0.0173. The lowest BCUT2D eigenvalue weighted by Crippen LogP contribution is -2.31. The average Bonchev–Trinajstić information content (AvgIpc) is 2.39. The monoisotopic (exact) mass is 262 g/mol. The number of aromatic amines is 1. The summed E-state index contributed by atoms with van der Waals surface area (Å²) in [6.45, 7) is 3.22. The van der Waals surface area contributed by atoms with Gasteiger partial charge in [0.25, 0.3) is 5.56 Å². The summed E-state index contributed by atoms with van der Waals surface area (Å²) in [7, 11) is 0. The Morgan fingerprint density at radius 3 is 2.89 bits per heavy atom. The van der Waals surface area contributed by atoms with Gasteiger partial charge in [-0.3, -0.25) is 9.78 Å². The zero-order chi connectivity index (χ0) is 13.8. The van der Waals surface area contributed by atoms with Crippen molar-refractivity contribution in [3.63, 3.8) is 0 Å². The van der Waals surface area contributed by atoms with Crippen molar-refractivity contribution in [1.82, 2.24) is 9.97 Å². The quantitative estimate of drug-likeness (QED) is 0.690. The first kappa shape index (κ1) is 13.4. The number of nitrogens with one attached hydrogen (secondary N) is 1. The molecule has 0 aliphatic rings. The summed E-state index contributed by atoms with van der Waals surface area (Å²) >= 11 is 0. The molecule has 0 atom stereocenters. The number of fused-ring (bicyclic) bond motifs is 1. The van der Waals surface area contributed by atoms with Crippen molar-refractivity contribution < 1.29 is 5.11 Å². The minimum Gasteiger partial charge on any atom is -0.399 e. The van der Waals surface area contributed by atoms with Crippen molar-refractivity contribution in [3.05, 3.63) is 28.6 Å². The van der Waals surface area contributed by atoms with E-state index >= 15 is 0 Å². The van der Waals surface area contributed by atoms with Gasteiger partial charge in [0.15, 0.2) is 0 Å². The fourth-order valence-corrected chi connectivity index (χ4v) is 2.01. The highest BCUT2D eigenvalue weighted by Gasteiger charge is 2.10. The first-order chi connectivity index (χ1) is 9.15. The Morgan fingerprint density at radius 2 is 2.21 bits per heavy atom. The fourth-order valence-electron chi connectivity index (χ4n) is 2.01. The molecule has 0 saturated heterocycles. The highest BCUT2D eigenvalue weighted by Crippen LogP contribution is 2.14. The van der Waals surface area contributed by atoms with Gasteiger partial charge in [-0.1, -0.05) is 6.92 Å². The van der Waals surface area contributed by atoms with Crippen molar-refractivity contribution in [2.24, 2.45) is 0 Å². The molecule has 0 amide bonds. The summed E-state index contributed by atoms with van der Waals surface area (Å²) in [4.78, 5) is 21.0. The molecule has 0 spiro atoms. The maximum Gasteiger partial charge on any atom is 0.260 e. The van der Waals surface area contributed by atoms with Crippen molar-refractivity contribution in [3.8, 4) is 0 Å². The smallest absolute Gasteiger partial charge is 0.260 e. The number of hydrogen-bond donors (Lipinski definition) is 3. The molecule has 0 bridgehead atoms. The molecular formula is C13H18N4O2. The minimum atomic E-state index is -0.216. The van der Waals surface area contributed by atoms with Gasteiger partial charge in [0.05, 0.1) is 17.5 Å². The maximum absolute atomic E-state index is 12.0. The number of rotatable bonds is 5. The molecule has 0 radical (unpaired) electrons. The average molecular weight is 262 g/mol. The van der Waals surface area contributed by atoms with E-state index in [4.69, 9.17) is 10.8 Å². The second kappa shape index (κ2) is 5.71. The third kappa shape index (κ3) is 2.85. The number of nitrogens with zero attached hydrogens (tertiary/aromatic N) is 2. The lowest BCUT2D eigenvalue weighted by atomic mass is 10.2. The van der Waals surface area contributed by atoms with Crippen LogP contribution in [-0.2, 0) is 0 Å². The van der Waals surface area contributed by atoms with Crippen molar-refractivity contribution in [2.75, 3.05) is 30.3 Å². The molecule has 0 aliphatic carbocycles. The summed E-state index contributed by atoms with van der Waals surface area (Å²) < 4.78 is 0. The van der Waals surface area contributed by atoms with Crippen LogP contribution in [-0.4, -0.2) is 34.8 Å². The number of nitrogen functional groups attached to an aromatic ring is 1. The normalized spacial score (nSPS) is 10.8. The number of aromatic nitrogens is 2. The molecule has 6 nitrogen and oxygen atoms in total. The van der Waals surface area contributed by atoms with Crippen molar-refractivity contribution in [2.45, 2.75) is 13.3 Å². The summed E-state index contributed by atoms with van der Waals surface area (Å²) in [5.74, 6) is 0.484. The van der Waals surface area contributed by atoms with E-state index in [0.717, 1.165) is 13.0 Å². The summed E-state index contributed by atoms with van der Waals surface area (Å²) in [5, 5.41) is 9.54. The van der Waals surface area contributed by atoms with Crippen LogP contribution in [0.4, 0.5) is 11.6 Å². The molecule has 102 valence electrons. The predicted octanol–water partition coefficient (Wildman–Crippen LogP) is 0.714. The highest BCUT2D eigenvalue weighted by molar-refractivity contribution is 5.81. The van der Waals surface area contributed by atoms with Gasteiger partial charge in [0.2, 0.25) is 5.95 Å². The molecule has 2 rings (SSSR count). The standard InChI is InChI=1S/C13H18N4O2/c1-2-5-17(6-7-18)13-15-11-4-3-9(14)8-10(11)12(19)16-13/h3-4,8,18H,2,5-7,14H2,1H3,(H,15,16,19). The van der Waals surface area contributed by atoms with E-state index in [1.165, 1.54) is 0 Å². The SMILES string of the molecule is CCCN(CCO)c1nc2ccc(N)cc2c(=O)[nH]1. The molecule has 0 fully saturated rings. The molecular weight excluding hydrogens is 244 g/mol. The van der Waals surface area contributed by atoms with Crippen LogP contribution >= 0.6 is 0 Å². The van der Waals surface area contributed by atoms with E-state index in [0.29, 0.717) is 29.1 Å². The van der Waals surface area contributed by atoms with E-state index in [1.54, 1.807) is 18.2 Å². The van der Waals surface area contributed by atoms with Crippen LogP contribution in [0.2, 0.25) is 0 Å². The number of nitrogens with two attached hydrogens (primary N) is 1. The molecule has 1 aromatic heterocycles. The number of aliphatic hydroxyl groups is 1. The molecule has 0 aliphatic heterocycles. The summed E-state index contributed by atoms with van der Waals surface area (Å²) in [6, 6.07) is 5.06. The molecule has 6 heteroatoms. The molecule has 2 aromatic rings. The van der Waals surface area contributed by atoms with Gasteiger partial charge >= 0.3 is 0 Å².